The third-order valence-corrected chi connectivity index (χ3v) is 5.42. The SMILES string of the molecule is C[C@H]1C[C@@H](N)C2(CCN(C(=O)OCc3ccccc3)CC2)C1.Cl. The minimum absolute atomic E-state index is 0. The smallest absolute Gasteiger partial charge is 0.410 e. The molecule has 0 unspecified atom stereocenters. The summed E-state index contributed by atoms with van der Waals surface area (Å²) in [7, 11) is 0. The van der Waals surface area contributed by atoms with Gasteiger partial charge in [-0.2, -0.15) is 0 Å². The summed E-state index contributed by atoms with van der Waals surface area (Å²) in [6.45, 7) is 4.18. The van der Waals surface area contributed by atoms with E-state index in [1.54, 1.807) is 0 Å². The van der Waals surface area contributed by atoms with Crippen molar-refractivity contribution in [3.8, 4) is 0 Å². The maximum absolute atomic E-state index is 12.2. The van der Waals surface area contributed by atoms with Crippen molar-refractivity contribution in [1.82, 2.24) is 4.90 Å². The minimum atomic E-state index is -0.196. The first kappa shape index (κ1) is 18.1. The van der Waals surface area contributed by atoms with E-state index in [0.717, 1.165) is 37.9 Å². The van der Waals surface area contributed by atoms with Gasteiger partial charge in [0.25, 0.3) is 0 Å². The Morgan fingerprint density at radius 1 is 1.30 bits per heavy atom. The molecular formula is C18H27ClN2O2. The highest BCUT2D eigenvalue weighted by Crippen LogP contribution is 2.47. The summed E-state index contributed by atoms with van der Waals surface area (Å²) in [6.07, 6.45) is 4.16. The monoisotopic (exact) mass is 338 g/mol. The van der Waals surface area contributed by atoms with Crippen LogP contribution in [0.3, 0.4) is 0 Å². The molecule has 2 fully saturated rings. The van der Waals surface area contributed by atoms with Gasteiger partial charge in [-0.05, 0) is 42.6 Å². The molecule has 0 aromatic heterocycles. The van der Waals surface area contributed by atoms with E-state index in [4.69, 9.17) is 10.5 Å². The predicted molar refractivity (Wildman–Crippen MR) is 93.5 cm³/mol. The normalized spacial score (nSPS) is 25.9. The lowest BCUT2D eigenvalue weighted by molar-refractivity contribution is 0.0570. The zero-order valence-corrected chi connectivity index (χ0v) is 14.6. The summed E-state index contributed by atoms with van der Waals surface area (Å²) in [5, 5.41) is 0. The highest BCUT2D eigenvalue weighted by atomic mass is 35.5. The summed E-state index contributed by atoms with van der Waals surface area (Å²) in [6, 6.07) is 10.1. The number of halogens is 1. The van der Waals surface area contributed by atoms with E-state index in [0.29, 0.717) is 18.6 Å². The van der Waals surface area contributed by atoms with Crippen molar-refractivity contribution < 1.29 is 9.53 Å². The molecule has 1 aliphatic heterocycles. The lowest BCUT2D eigenvalue weighted by atomic mass is 9.74. The number of benzene rings is 1. The molecular weight excluding hydrogens is 312 g/mol. The van der Waals surface area contributed by atoms with Crippen LogP contribution in [0.4, 0.5) is 4.79 Å². The molecule has 1 heterocycles. The Labute approximate surface area is 144 Å². The summed E-state index contributed by atoms with van der Waals surface area (Å²) < 4.78 is 5.42. The first-order chi connectivity index (χ1) is 10.6. The second-order valence-corrected chi connectivity index (χ2v) is 7.04. The van der Waals surface area contributed by atoms with Crippen LogP contribution in [-0.2, 0) is 11.3 Å². The molecule has 1 aromatic rings. The van der Waals surface area contributed by atoms with Crippen LogP contribution in [-0.4, -0.2) is 30.1 Å². The second-order valence-electron chi connectivity index (χ2n) is 7.04. The van der Waals surface area contributed by atoms with Crippen molar-refractivity contribution in [3.63, 3.8) is 0 Å². The molecule has 1 saturated heterocycles. The lowest BCUT2D eigenvalue weighted by Gasteiger charge is -2.41. The first-order valence-corrected chi connectivity index (χ1v) is 8.30. The maximum Gasteiger partial charge on any atom is 0.410 e. The van der Waals surface area contributed by atoms with E-state index in [1.807, 2.05) is 35.2 Å². The Bertz CT molecular complexity index is 515. The number of carbonyl (C=O) groups excluding carboxylic acids is 1. The zero-order valence-electron chi connectivity index (χ0n) is 13.7. The Balaban J connectivity index is 0.00000192. The number of amides is 1. The molecule has 1 aliphatic carbocycles. The number of likely N-dealkylation sites (tertiary alicyclic amines) is 1. The number of ether oxygens (including phenoxy) is 1. The summed E-state index contributed by atoms with van der Waals surface area (Å²) in [4.78, 5) is 14.0. The van der Waals surface area contributed by atoms with E-state index in [9.17, 15) is 4.79 Å². The number of hydrogen-bond donors (Lipinski definition) is 1. The van der Waals surface area contributed by atoms with Crippen LogP contribution in [0.1, 0.15) is 38.2 Å². The van der Waals surface area contributed by atoms with Crippen molar-refractivity contribution in [2.45, 2.75) is 45.3 Å². The van der Waals surface area contributed by atoms with Gasteiger partial charge < -0.3 is 15.4 Å². The average Bonchev–Trinajstić information content (AvgIpc) is 2.80. The van der Waals surface area contributed by atoms with Crippen molar-refractivity contribution in [2.75, 3.05) is 13.1 Å². The van der Waals surface area contributed by atoms with Crippen molar-refractivity contribution >= 4 is 18.5 Å². The highest BCUT2D eigenvalue weighted by Gasteiger charge is 2.46. The molecule has 0 radical (unpaired) electrons. The van der Waals surface area contributed by atoms with Gasteiger partial charge in [0.05, 0.1) is 0 Å². The molecule has 1 aromatic carbocycles. The quantitative estimate of drug-likeness (QED) is 0.896. The van der Waals surface area contributed by atoms with Crippen LogP contribution >= 0.6 is 12.4 Å². The standard InChI is InChI=1S/C18H26N2O2.ClH/c1-14-11-16(19)18(12-14)7-9-20(10-8-18)17(21)22-13-15-5-3-2-4-6-15;/h2-6,14,16H,7-13,19H2,1H3;1H/t14-,16+;/m0./s1. The van der Waals surface area contributed by atoms with E-state index in [-0.39, 0.29) is 23.9 Å². The molecule has 2 atom stereocenters. The van der Waals surface area contributed by atoms with Crippen molar-refractivity contribution in [3.05, 3.63) is 35.9 Å². The molecule has 1 saturated carbocycles. The number of nitrogens with zero attached hydrogens (tertiary/aromatic N) is 1. The molecule has 4 nitrogen and oxygen atoms in total. The Kier molecular flexibility index (Phi) is 5.93. The molecule has 2 aliphatic rings. The molecule has 128 valence electrons. The predicted octanol–water partition coefficient (Wildman–Crippen LogP) is 3.58. The topological polar surface area (TPSA) is 55.6 Å². The fourth-order valence-electron chi connectivity index (χ4n) is 4.13. The highest BCUT2D eigenvalue weighted by molar-refractivity contribution is 5.85. The molecule has 1 amide bonds. The number of carbonyl (C=O) groups is 1. The van der Waals surface area contributed by atoms with Crippen molar-refractivity contribution in [1.29, 1.82) is 0 Å². The van der Waals surface area contributed by atoms with E-state index in [1.165, 1.54) is 6.42 Å². The summed E-state index contributed by atoms with van der Waals surface area (Å²) >= 11 is 0. The molecule has 5 heteroatoms. The molecule has 1 spiro atoms. The van der Waals surface area contributed by atoms with Crippen molar-refractivity contribution in [2.24, 2.45) is 17.1 Å². The fourth-order valence-corrected chi connectivity index (χ4v) is 4.13. The van der Waals surface area contributed by atoms with Gasteiger partial charge in [0.15, 0.2) is 0 Å². The number of piperidine rings is 1. The summed E-state index contributed by atoms with van der Waals surface area (Å²) in [5.41, 5.74) is 7.64. The molecule has 3 rings (SSSR count). The fraction of sp³-hybridized carbons (Fsp3) is 0.611. The molecule has 23 heavy (non-hydrogen) atoms. The number of rotatable bonds is 2. The molecule has 2 N–H and O–H groups in total. The van der Waals surface area contributed by atoms with Crippen LogP contribution in [0, 0.1) is 11.3 Å². The van der Waals surface area contributed by atoms with Gasteiger partial charge in [-0.1, -0.05) is 37.3 Å². The second kappa shape index (κ2) is 7.54. The Hall–Kier alpha value is -1.26. The van der Waals surface area contributed by atoms with E-state index < -0.39 is 0 Å². The van der Waals surface area contributed by atoms with Gasteiger partial charge in [0.1, 0.15) is 6.61 Å². The zero-order chi connectivity index (χ0) is 15.6. The van der Waals surface area contributed by atoms with Crippen LogP contribution < -0.4 is 5.73 Å². The number of nitrogens with two attached hydrogens (primary N) is 1. The number of hydrogen-bond acceptors (Lipinski definition) is 3. The van der Waals surface area contributed by atoms with Gasteiger partial charge in [-0.15, -0.1) is 12.4 Å². The molecule has 0 bridgehead atoms. The van der Waals surface area contributed by atoms with Gasteiger partial charge in [0, 0.05) is 19.1 Å². The largest absolute Gasteiger partial charge is 0.445 e. The maximum atomic E-state index is 12.2. The Morgan fingerprint density at radius 2 is 1.96 bits per heavy atom. The van der Waals surface area contributed by atoms with E-state index >= 15 is 0 Å². The van der Waals surface area contributed by atoms with Gasteiger partial charge >= 0.3 is 6.09 Å². The Morgan fingerprint density at radius 3 is 2.52 bits per heavy atom. The van der Waals surface area contributed by atoms with Crippen LogP contribution in [0.2, 0.25) is 0 Å². The third kappa shape index (κ3) is 3.99. The third-order valence-electron chi connectivity index (χ3n) is 5.42. The average molecular weight is 339 g/mol. The lowest BCUT2D eigenvalue weighted by Crippen LogP contribution is -2.48. The van der Waals surface area contributed by atoms with Gasteiger partial charge in [0.2, 0.25) is 0 Å². The van der Waals surface area contributed by atoms with Crippen LogP contribution in [0.25, 0.3) is 0 Å². The van der Waals surface area contributed by atoms with Gasteiger partial charge in [-0.3, -0.25) is 0 Å². The van der Waals surface area contributed by atoms with Gasteiger partial charge in [-0.25, -0.2) is 4.79 Å². The first-order valence-electron chi connectivity index (χ1n) is 8.30. The van der Waals surface area contributed by atoms with E-state index in [2.05, 4.69) is 6.92 Å². The van der Waals surface area contributed by atoms with Crippen LogP contribution in [0.5, 0.6) is 0 Å². The minimum Gasteiger partial charge on any atom is -0.445 e. The summed E-state index contributed by atoms with van der Waals surface area (Å²) in [5.74, 6) is 0.714. The van der Waals surface area contributed by atoms with Crippen LogP contribution in [0.15, 0.2) is 30.3 Å².